The fourth-order valence-electron chi connectivity index (χ4n) is 5.60. The van der Waals surface area contributed by atoms with Gasteiger partial charge >= 0.3 is 0 Å². The first-order chi connectivity index (χ1) is 17.0. The van der Waals surface area contributed by atoms with Crippen molar-refractivity contribution < 1.29 is 14.0 Å². The van der Waals surface area contributed by atoms with Crippen LogP contribution < -0.4 is 20.9 Å². The molecule has 1 unspecified atom stereocenters. The van der Waals surface area contributed by atoms with Crippen LogP contribution >= 0.6 is 0 Å². The standard InChI is InChI=1S/C27H34FN5O2/c28-24-17-20(23-6-8-26(34)30-27(23)35)1-7-25(24)33-15-13-31(14-16-33)18-19-9-11-32(12-10-19)22-4-2-21(29)3-5-22/h1-5,7,17,19,23H,6,8-16,18,29H2,(H,30,34,35). The molecule has 3 aliphatic heterocycles. The molecule has 3 N–H and O–H groups in total. The van der Waals surface area contributed by atoms with Crippen molar-refractivity contribution in [1.82, 2.24) is 10.2 Å². The Balaban J connectivity index is 1.10. The lowest BCUT2D eigenvalue weighted by Gasteiger charge is -2.40. The SMILES string of the molecule is Nc1ccc(N2CCC(CN3CCN(c4ccc(C5CCC(=O)NC5=O)cc4F)CC3)CC2)cc1. The van der Waals surface area contributed by atoms with E-state index in [2.05, 4.69) is 32.1 Å². The van der Waals surface area contributed by atoms with Crippen LogP contribution in [0, 0.1) is 11.7 Å². The largest absolute Gasteiger partial charge is 0.399 e. The van der Waals surface area contributed by atoms with Crippen molar-refractivity contribution in [1.29, 1.82) is 0 Å². The number of amides is 2. The summed E-state index contributed by atoms with van der Waals surface area (Å²) in [5.74, 6) is -0.652. The minimum absolute atomic E-state index is 0.256. The second-order valence-electron chi connectivity index (χ2n) is 10.0. The van der Waals surface area contributed by atoms with Crippen molar-refractivity contribution in [3.05, 3.63) is 53.8 Å². The van der Waals surface area contributed by atoms with E-state index in [1.807, 2.05) is 18.2 Å². The molecule has 2 amide bonds. The quantitative estimate of drug-likeness (QED) is 0.507. The van der Waals surface area contributed by atoms with Gasteiger partial charge in [0.05, 0.1) is 11.6 Å². The molecule has 2 aromatic carbocycles. The monoisotopic (exact) mass is 479 g/mol. The third kappa shape index (κ3) is 5.42. The zero-order valence-corrected chi connectivity index (χ0v) is 20.1. The van der Waals surface area contributed by atoms with Gasteiger partial charge in [0.25, 0.3) is 0 Å². The van der Waals surface area contributed by atoms with E-state index in [0.717, 1.165) is 51.5 Å². The predicted molar refractivity (Wildman–Crippen MR) is 136 cm³/mol. The Morgan fingerprint density at radius 2 is 1.60 bits per heavy atom. The van der Waals surface area contributed by atoms with Crippen LogP contribution in [0.2, 0.25) is 0 Å². The molecule has 35 heavy (non-hydrogen) atoms. The van der Waals surface area contributed by atoms with E-state index < -0.39 is 5.92 Å². The number of nitrogens with zero attached hydrogens (tertiary/aromatic N) is 3. The van der Waals surface area contributed by atoms with Crippen molar-refractivity contribution in [3.63, 3.8) is 0 Å². The summed E-state index contributed by atoms with van der Waals surface area (Å²) in [7, 11) is 0. The van der Waals surface area contributed by atoms with Crippen LogP contribution in [0.4, 0.5) is 21.5 Å². The molecule has 0 bridgehead atoms. The van der Waals surface area contributed by atoms with Gasteiger partial charge in [0.1, 0.15) is 5.82 Å². The Kier molecular flexibility index (Phi) is 6.90. The van der Waals surface area contributed by atoms with Crippen LogP contribution in [0.5, 0.6) is 0 Å². The van der Waals surface area contributed by atoms with Crippen LogP contribution in [-0.4, -0.2) is 62.5 Å². The molecule has 186 valence electrons. The highest BCUT2D eigenvalue weighted by atomic mass is 19.1. The van der Waals surface area contributed by atoms with E-state index in [1.54, 1.807) is 6.07 Å². The molecule has 1 atom stereocenters. The van der Waals surface area contributed by atoms with E-state index in [4.69, 9.17) is 5.73 Å². The highest BCUT2D eigenvalue weighted by Gasteiger charge is 2.29. The first-order valence-corrected chi connectivity index (χ1v) is 12.7. The second kappa shape index (κ2) is 10.2. The van der Waals surface area contributed by atoms with Crippen LogP contribution in [0.25, 0.3) is 0 Å². The summed E-state index contributed by atoms with van der Waals surface area (Å²) < 4.78 is 15.0. The number of nitrogens with two attached hydrogens (primary N) is 1. The smallest absolute Gasteiger partial charge is 0.234 e. The molecule has 0 aliphatic carbocycles. The van der Waals surface area contributed by atoms with Gasteiger partial charge in [0, 0.05) is 63.6 Å². The van der Waals surface area contributed by atoms with Gasteiger partial charge < -0.3 is 15.5 Å². The fourth-order valence-corrected chi connectivity index (χ4v) is 5.60. The number of anilines is 3. The van der Waals surface area contributed by atoms with Gasteiger partial charge in [-0.3, -0.25) is 19.8 Å². The number of carbonyl (C=O) groups is 2. The molecule has 7 nitrogen and oxygen atoms in total. The second-order valence-corrected chi connectivity index (χ2v) is 10.0. The average molecular weight is 480 g/mol. The lowest BCUT2D eigenvalue weighted by Crippen LogP contribution is -2.49. The summed E-state index contributed by atoms with van der Waals surface area (Å²) >= 11 is 0. The van der Waals surface area contributed by atoms with E-state index in [9.17, 15) is 14.0 Å². The minimum Gasteiger partial charge on any atom is -0.399 e. The molecule has 3 heterocycles. The van der Waals surface area contributed by atoms with Gasteiger partial charge in [0.15, 0.2) is 0 Å². The molecule has 2 aromatic rings. The van der Waals surface area contributed by atoms with Gasteiger partial charge in [0.2, 0.25) is 11.8 Å². The van der Waals surface area contributed by atoms with Gasteiger partial charge in [-0.05, 0) is 67.1 Å². The number of benzene rings is 2. The third-order valence-electron chi connectivity index (χ3n) is 7.72. The summed E-state index contributed by atoms with van der Waals surface area (Å²) in [5, 5.41) is 2.35. The molecule has 0 radical (unpaired) electrons. The average Bonchev–Trinajstić information content (AvgIpc) is 2.86. The number of piperidine rings is 2. The zero-order valence-electron chi connectivity index (χ0n) is 20.1. The molecule has 8 heteroatoms. The molecular formula is C27H34FN5O2. The Morgan fingerprint density at radius 3 is 2.26 bits per heavy atom. The number of nitrogen functional groups attached to an aromatic ring is 1. The summed E-state index contributed by atoms with van der Waals surface area (Å²) in [5.41, 5.74) is 9.09. The summed E-state index contributed by atoms with van der Waals surface area (Å²) in [6, 6.07) is 13.2. The molecular weight excluding hydrogens is 445 g/mol. The summed E-state index contributed by atoms with van der Waals surface area (Å²) in [6.07, 6.45) is 3.09. The minimum atomic E-state index is -0.459. The highest BCUT2D eigenvalue weighted by Crippen LogP contribution is 2.30. The van der Waals surface area contributed by atoms with Crippen molar-refractivity contribution in [3.8, 4) is 0 Å². The number of nitrogens with one attached hydrogen (secondary N) is 1. The molecule has 3 aliphatic rings. The lowest BCUT2D eigenvalue weighted by atomic mass is 9.90. The highest BCUT2D eigenvalue weighted by molar-refractivity contribution is 6.00. The van der Waals surface area contributed by atoms with Crippen LogP contribution in [-0.2, 0) is 9.59 Å². The Morgan fingerprint density at radius 1 is 0.886 bits per heavy atom. The molecule has 3 fully saturated rings. The van der Waals surface area contributed by atoms with Crippen LogP contribution in [0.1, 0.15) is 37.2 Å². The van der Waals surface area contributed by atoms with Crippen LogP contribution in [0.15, 0.2) is 42.5 Å². The van der Waals surface area contributed by atoms with E-state index in [-0.39, 0.29) is 17.6 Å². The number of hydrogen-bond acceptors (Lipinski definition) is 6. The number of piperazine rings is 1. The van der Waals surface area contributed by atoms with Gasteiger partial charge in [-0.15, -0.1) is 0 Å². The number of halogens is 1. The predicted octanol–water partition coefficient (Wildman–Crippen LogP) is 2.97. The van der Waals surface area contributed by atoms with Gasteiger partial charge in [-0.2, -0.15) is 0 Å². The molecule has 0 spiro atoms. The molecule has 5 rings (SSSR count). The number of hydrogen-bond donors (Lipinski definition) is 2. The van der Waals surface area contributed by atoms with Crippen LogP contribution in [0.3, 0.4) is 0 Å². The first-order valence-electron chi connectivity index (χ1n) is 12.7. The normalized spacial score (nSPS) is 22.4. The molecule has 3 saturated heterocycles. The Hall–Kier alpha value is -3.13. The first kappa shape index (κ1) is 23.6. The van der Waals surface area contributed by atoms with E-state index in [1.165, 1.54) is 24.6 Å². The maximum absolute atomic E-state index is 15.0. The maximum Gasteiger partial charge on any atom is 0.234 e. The maximum atomic E-state index is 15.0. The number of imide groups is 1. The summed E-state index contributed by atoms with van der Waals surface area (Å²) in [6.45, 7) is 6.66. The molecule has 0 aromatic heterocycles. The number of carbonyl (C=O) groups excluding carboxylic acids is 2. The zero-order chi connectivity index (χ0) is 24.4. The van der Waals surface area contributed by atoms with Crippen molar-refractivity contribution in [2.24, 2.45) is 5.92 Å². The topological polar surface area (TPSA) is 81.9 Å². The van der Waals surface area contributed by atoms with Gasteiger partial charge in [-0.25, -0.2) is 4.39 Å². The van der Waals surface area contributed by atoms with E-state index in [0.29, 0.717) is 30.0 Å². The van der Waals surface area contributed by atoms with Gasteiger partial charge in [-0.1, -0.05) is 6.07 Å². The van der Waals surface area contributed by atoms with Crippen molar-refractivity contribution in [2.75, 3.05) is 61.3 Å². The van der Waals surface area contributed by atoms with Crippen molar-refractivity contribution in [2.45, 2.75) is 31.6 Å². The Labute approximate surface area is 206 Å². The molecule has 0 saturated carbocycles. The summed E-state index contributed by atoms with van der Waals surface area (Å²) in [4.78, 5) is 30.6. The Bertz CT molecular complexity index is 1060. The number of rotatable bonds is 5. The van der Waals surface area contributed by atoms with E-state index >= 15 is 0 Å². The third-order valence-corrected chi connectivity index (χ3v) is 7.72. The van der Waals surface area contributed by atoms with Crippen molar-refractivity contribution >= 4 is 28.9 Å². The lowest BCUT2D eigenvalue weighted by molar-refractivity contribution is -0.134. The fraction of sp³-hybridized carbons (Fsp3) is 0.481.